The summed E-state index contributed by atoms with van der Waals surface area (Å²) in [4.78, 5) is 13.2. The highest BCUT2D eigenvalue weighted by Gasteiger charge is 2.27. The third kappa shape index (κ3) is 6.10. The largest absolute Gasteiger partial charge is 0.457 e. The highest BCUT2D eigenvalue weighted by molar-refractivity contribution is 7.92. The van der Waals surface area contributed by atoms with E-state index in [9.17, 15) is 13.2 Å². The summed E-state index contributed by atoms with van der Waals surface area (Å²) in [7, 11) is -4.02. The third-order valence-corrected chi connectivity index (χ3v) is 8.14. The van der Waals surface area contributed by atoms with Crippen molar-refractivity contribution in [2.75, 3.05) is 10.8 Å². The Labute approximate surface area is 228 Å². The summed E-state index contributed by atoms with van der Waals surface area (Å²) < 4.78 is 34.4. The number of carbonyl (C=O) groups excluding carboxylic acids is 1. The molecule has 0 aliphatic rings. The summed E-state index contributed by atoms with van der Waals surface area (Å²) in [5.74, 6) is 0.809. The molecule has 7 heteroatoms. The first-order chi connectivity index (χ1) is 18.9. The lowest BCUT2D eigenvalue weighted by Crippen LogP contribution is -2.40. The molecule has 5 aromatic rings. The molecular formula is C32H28N2O4S. The van der Waals surface area contributed by atoms with Crippen LogP contribution in [0.15, 0.2) is 126 Å². The molecule has 5 aromatic carbocycles. The molecular weight excluding hydrogens is 508 g/mol. The predicted molar refractivity (Wildman–Crippen MR) is 154 cm³/mol. The van der Waals surface area contributed by atoms with E-state index in [-0.39, 0.29) is 18.0 Å². The van der Waals surface area contributed by atoms with Crippen molar-refractivity contribution >= 4 is 32.4 Å². The second kappa shape index (κ2) is 11.4. The van der Waals surface area contributed by atoms with Crippen LogP contribution in [0.2, 0.25) is 0 Å². The molecule has 5 rings (SSSR count). The first-order valence-corrected chi connectivity index (χ1v) is 14.0. The van der Waals surface area contributed by atoms with Gasteiger partial charge in [0.2, 0.25) is 5.91 Å². The summed E-state index contributed by atoms with van der Waals surface area (Å²) in [5.41, 5.74) is 2.25. The molecule has 0 aliphatic carbocycles. The van der Waals surface area contributed by atoms with Gasteiger partial charge in [0.1, 0.15) is 18.0 Å². The van der Waals surface area contributed by atoms with Crippen LogP contribution in [0.25, 0.3) is 10.8 Å². The number of nitrogens with zero attached hydrogens (tertiary/aromatic N) is 1. The maximum Gasteiger partial charge on any atom is 0.264 e. The van der Waals surface area contributed by atoms with Gasteiger partial charge in [0.25, 0.3) is 10.0 Å². The molecule has 0 radical (unpaired) electrons. The maximum absolute atomic E-state index is 13.7. The topological polar surface area (TPSA) is 75.7 Å². The van der Waals surface area contributed by atoms with E-state index in [1.54, 1.807) is 48.5 Å². The fraction of sp³-hybridized carbons (Fsp3) is 0.0938. The minimum absolute atomic E-state index is 0.111. The zero-order chi connectivity index (χ0) is 27.2. The number of amides is 1. The van der Waals surface area contributed by atoms with E-state index < -0.39 is 15.9 Å². The average Bonchev–Trinajstić information content (AvgIpc) is 2.96. The summed E-state index contributed by atoms with van der Waals surface area (Å²) in [6.45, 7) is 1.79. The quantitative estimate of drug-likeness (QED) is 0.235. The summed E-state index contributed by atoms with van der Waals surface area (Å²) in [6.07, 6.45) is 0. The molecule has 0 saturated heterocycles. The number of fused-ring (bicyclic) bond motifs is 1. The van der Waals surface area contributed by atoms with Crippen molar-refractivity contribution in [1.82, 2.24) is 5.32 Å². The van der Waals surface area contributed by atoms with Crippen molar-refractivity contribution in [2.45, 2.75) is 18.4 Å². The lowest BCUT2D eigenvalue weighted by atomic mass is 10.0. The molecule has 39 heavy (non-hydrogen) atoms. The lowest BCUT2D eigenvalue weighted by Gasteiger charge is -2.24. The van der Waals surface area contributed by atoms with Gasteiger partial charge in [-0.25, -0.2) is 8.42 Å². The zero-order valence-corrected chi connectivity index (χ0v) is 22.3. The molecule has 0 bridgehead atoms. The van der Waals surface area contributed by atoms with Gasteiger partial charge in [0.05, 0.1) is 10.6 Å². The molecule has 0 atom stereocenters. The van der Waals surface area contributed by atoms with E-state index in [2.05, 4.69) is 5.32 Å². The Kier molecular flexibility index (Phi) is 7.61. The number of sulfonamides is 1. The molecule has 0 heterocycles. The van der Waals surface area contributed by atoms with Gasteiger partial charge in [-0.2, -0.15) is 0 Å². The van der Waals surface area contributed by atoms with E-state index in [1.165, 1.54) is 0 Å². The number of hydrogen-bond donors (Lipinski definition) is 1. The van der Waals surface area contributed by atoms with Gasteiger partial charge in [0, 0.05) is 6.54 Å². The SMILES string of the molecule is Cc1ccc(S(=O)(=O)N(CC(=O)NCc2cccc3ccccc23)c2ccc(Oc3ccccc3)cc2)cc1. The molecule has 6 nitrogen and oxygen atoms in total. The number of ether oxygens (including phenoxy) is 1. The number of para-hydroxylation sites is 1. The van der Waals surface area contributed by atoms with Crippen LogP contribution >= 0.6 is 0 Å². The van der Waals surface area contributed by atoms with Crippen molar-refractivity contribution in [3.05, 3.63) is 132 Å². The second-order valence-corrected chi connectivity index (χ2v) is 11.0. The van der Waals surface area contributed by atoms with Gasteiger partial charge in [0.15, 0.2) is 0 Å². The third-order valence-electron chi connectivity index (χ3n) is 6.36. The van der Waals surface area contributed by atoms with Gasteiger partial charge in [-0.05, 0) is 71.8 Å². The highest BCUT2D eigenvalue weighted by Crippen LogP contribution is 2.28. The standard InChI is InChI=1S/C32H28N2O4S/c1-24-14-20-30(21-15-24)39(36,37)34(27-16-18-29(19-17-27)38-28-11-3-2-4-12-28)23-32(35)33-22-26-10-7-9-25-8-5-6-13-31(25)26/h2-21H,22-23H2,1H3,(H,33,35). The van der Waals surface area contributed by atoms with Crippen molar-refractivity contribution in [3.8, 4) is 11.5 Å². The average molecular weight is 537 g/mol. The van der Waals surface area contributed by atoms with Gasteiger partial charge in [-0.3, -0.25) is 9.10 Å². The summed E-state index contributed by atoms with van der Waals surface area (Å²) in [5, 5.41) is 5.01. The minimum Gasteiger partial charge on any atom is -0.457 e. The van der Waals surface area contributed by atoms with Crippen molar-refractivity contribution < 1.29 is 17.9 Å². The monoisotopic (exact) mass is 536 g/mol. The van der Waals surface area contributed by atoms with Crippen molar-refractivity contribution in [2.24, 2.45) is 0 Å². The molecule has 0 saturated carbocycles. The van der Waals surface area contributed by atoms with Crippen LogP contribution in [0, 0.1) is 6.92 Å². The molecule has 196 valence electrons. The van der Waals surface area contributed by atoms with Crippen LogP contribution in [0.1, 0.15) is 11.1 Å². The smallest absolute Gasteiger partial charge is 0.264 e. The van der Waals surface area contributed by atoms with Crippen LogP contribution in [0.5, 0.6) is 11.5 Å². The first kappa shape index (κ1) is 26.0. The number of benzene rings is 5. The molecule has 0 spiro atoms. The van der Waals surface area contributed by atoms with Crippen LogP contribution in [0.4, 0.5) is 5.69 Å². The van der Waals surface area contributed by atoms with Crippen molar-refractivity contribution in [1.29, 1.82) is 0 Å². The Bertz CT molecular complexity index is 1680. The van der Waals surface area contributed by atoms with E-state index in [0.29, 0.717) is 17.2 Å². The normalized spacial score (nSPS) is 11.2. The Morgan fingerprint density at radius 3 is 2.13 bits per heavy atom. The van der Waals surface area contributed by atoms with Crippen LogP contribution in [-0.4, -0.2) is 20.9 Å². The van der Waals surface area contributed by atoms with Gasteiger partial charge in [-0.1, -0.05) is 78.4 Å². The highest BCUT2D eigenvalue weighted by atomic mass is 32.2. The van der Waals surface area contributed by atoms with Crippen molar-refractivity contribution in [3.63, 3.8) is 0 Å². The molecule has 0 aliphatic heterocycles. The number of carbonyl (C=O) groups is 1. The van der Waals surface area contributed by atoms with E-state index in [4.69, 9.17) is 4.74 Å². The summed E-state index contributed by atoms with van der Waals surface area (Å²) in [6, 6.07) is 36.4. The van der Waals surface area contributed by atoms with E-state index >= 15 is 0 Å². The number of rotatable bonds is 9. The fourth-order valence-electron chi connectivity index (χ4n) is 4.28. The molecule has 1 amide bonds. The molecule has 0 aromatic heterocycles. The van der Waals surface area contributed by atoms with Gasteiger partial charge >= 0.3 is 0 Å². The maximum atomic E-state index is 13.7. The van der Waals surface area contributed by atoms with Crippen LogP contribution in [0.3, 0.4) is 0 Å². The molecule has 0 unspecified atom stereocenters. The Morgan fingerprint density at radius 1 is 0.744 bits per heavy atom. The number of anilines is 1. The Hall–Kier alpha value is -4.62. The predicted octanol–water partition coefficient (Wildman–Crippen LogP) is 6.45. The fourth-order valence-corrected chi connectivity index (χ4v) is 5.71. The van der Waals surface area contributed by atoms with Crippen LogP contribution in [-0.2, 0) is 21.4 Å². The zero-order valence-electron chi connectivity index (χ0n) is 21.4. The van der Waals surface area contributed by atoms with Gasteiger partial charge in [-0.15, -0.1) is 0 Å². The number of aryl methyl sites for hydroxylation is 1. The van der Waals surface area contributed by atoms with Crippen LogP contribution < -0.4 is 14.4 Å². The molecule has 0 fully saturated rings. The Morgan fingerprint density at radius 2 is 1.38 bits per heavy atom. The first-order valence-electron chi connectivity index (χ1n) is 12.6. The minimum atomic E-state index is -4.02. The van der Waals surface area contributed by atoms with E-state index in [0.717, 1.165) is 26.2 Å². The number of nitrogens with one attached hydrogen (secondary N) is 1. The Balaban J connectivity index is 1.39. The van der Waals surface area contributed by atoms with E-state index in [1.807, 2.05) is 79.7 Å². The second-order valence-electron chi connectivity index (χ2n) is 9.15. The summed E-state index contributed by atoms with van der Waals surface area (Å²) >= 11 is 0. The lowest BCUT2D eigenvalue weighted by molar-refractivity contribution is -0.119. The molecule has 1 N–H and O–H groups in total. The number of hydrogen-bond acceptors (Lipinski definition) is 4. The van der Waals surface area contributed by atoms with Gasteiger partial charge < -0.3 is 10.1 Å².